The van der Waals surface area contributed by atoms with Gasteiger partial charge in [-0.25, -0.2) is 5.90 Å². The number of hydrogen-bond donors (Lipinski definition) is 7. The number of aromatic amines is 2. The van der Waals surface area contributed by atoms with Gasteiger partial charge in [0.15, 0.2) is 0 Å². The maximum atomic E-state index is 11.6. The smallest absolute Gasteiger partial charge is 0.150 e. The molecule has 1 unspecified atom stereocenters. The molecule has 90 heavy (non-hydrogen) atoms. The molecule has 0 saturated carbocycles. The molecule has 15 heteroatoms. The Bertz CT molecular complexity index is 4410. The number of azo groups is 2. The predicted molar refractivity (Wildman–Crippen MR) is 374 cm³/mol. The average Bonchev–Trinajstić information content (AvgIpc) is 1.50. The van der Waals surface area contributed by atoms with Gasteiger partial charge in [0.2, 0.25) is 0 Å². The zero-order chi connectivity index (χ0) is 62.5. The van der Waals surface area contributed by atoms with E-state index in [9.17, 15) is 10.2 Å². The maximum Gasteiger partial charge on any atom is 0.150 e. The molecule has 0 amide bonds. The first-order valence-corrected chi connectivity index (χ1v) is 29.7. The van der Waals surface area contributed by atoms with Crippen LogP contribution in [0.1, 0.15) is 69.9 Å². The largest absolute Gasteiger partial charge is 0.505 e. The predicted octanol–water partition coefficient (Wildman–Crippen LogP) is 21.1. The number of anilines is 3. The Labute approximate surface area is 553 Å². The van der Waals surface area contributed by atoms with E-state index in [0.717, 1.165) is 87.7 Å². The number of nitrogens with zero attached hydrogens (tertiary/aromatic N) is 5. The first-order valence-electron chi connectivity index (χ1n) is 29.7. The first-order chi connectivity index (χ1) is 43.1. The molecule has 8 N–H and O–H groups in total. The molecule has 0 bridgehead atoms. The number of benzene rings is 11. The number of hydrogen-bond acceptors (Lipinski definition) is 12. The number of phenols is 2. The van der Waals surface area contributed by atoms with Gasteiger partial charge in [-0.3, -0.25) is 15.2 Å². The molecule has 459 valence electrons. The molecule has 11 aromatic carbocycles. The van der Waals surface area contributed by atoms with E-state index in [1.807, 2.05) is 264 Å². The number of rotatable bonds is 13. The molecule has 2 heterocycles. The maximum absolute atomic E-state index is 11.6. The Morgan fingerprint density at radius 2 is 1.02 bits per heavy atom. The van der Waals surface area contributed by atoms with Gasteiger partial charge in [-0.05, 0) is 96.1 Å². The Balaban J connectivity index is 0.000000230. The van der Waals surface area contributed by atoms with E-state index < -0.39 is 6.10 Å². The van der Waals surface area contributed by atoms with Crippen LogP contribution in [0.4, 0.5) is 39.8 Å². The van der Waals surface area contributed by atoms with Gasteiger partial charge in [-0.1, -0.05) is 174 Å². The third-order valence-corrected chi connectivity index (χ3v) is 14.2. The molecule has 1 radical (unpaired) electrons. The van der Waals surface area contributed by atoms with E-state index in [4.69, 9.17) is 15.6 Å². The average molecular weight is 1270 g/mol. The second-order valence-corrected chi connectivity index (χ2v) is 19.8. The number of phenolic OH excluding ortho intramolecular Hbond substituents is 2. The summed E-state index contributed by atoms with van der Waals surface area (Å²) in [7, 11) is 5.91. The topological polar surface area (TPSA) is 193 Å². The molecular weight excluding hydrogens is 1190 g/mol. The van der Waals surface area contributed by atoms with E-state index in [2.05, 4.69) is 76.5 Å². The van der Waals surface area contributed by atoms with Gasteiger partial charge < -0.3 is 37.8 Å². The zero-order valence-electron chi connectivity index (χ0n) is 53.2. The minimum absolute atomic E-state index is 0. The SMILES string of the molecule is CC.CC.CC.CN(C)c1cc[c-]cc1.CNc1ccc(N=Nc2c(O)c(CONc3ccccc3)cc3ccc4c5ccccc5[nH]c4c23)cc1.Cc1ccc(N=Nc2c(O)c(C(ON)c3ccccc3)cc3ccc4c5ccccc5[nH]c4c23)cc1.[CH3-].[Y]. The van der Waals surface area contributed by atoms with Crippen molar-refractivity contribution in [3.05, 3.63) is 254 Å². The van der Waals surface area contributed by atoms with Crippen LogP contribution >= 0.6 is 0 Å². The van der Waals surface area contributed by atoms with Gasteiger partial charge in [0, 0.05) is 114 Å². The van der Waals surface area contributed by atoms with Crippen LogP contribution in [-0.2, 0) is 49.0 Å². The first kappa shape index (κ1) is 69.8. The van der Waals surface area contributed by atoms with Crippen molar-refractivity contribution >= 4 is 105 Å². The number of aromatic nitrogens is 2. The van der Waals surface area contributed by atoms with Crippen LogP contribution in [0.5, 0.6) is 11.5 Å². The molecule has 13 rings (SSSR count). The summed E-state index contributed by atoms with van der Waals surface area (Å²) in [5.41, 5.74) is 15.0. The van der Waals surface area contributed by atoms with Crippen LogP contribution in [-0.4, -0.2) is 41.3 Å². The normalized spacial score (nSPS) is 11.0. The number of aromatic hydroxyl groups is 2. The van der Waals surface area contributed by atoms with Crippen molar-refractivity contribution in [2.75, 3.05) is 36.8 Å². The van der Waals surface area contributed by atoms with Crippen molar-refractivity contribution in [3.63, 3.8) is 0 Å². The van der Waals surface area contributed by atoms with Crippen molar-refractivity contribution in [3.8, 4) is 11.5 Å². The zero-order valence-corrected chi connectivity index (χ0v) is 56.0. The molecule has 0 saturated heterocycles. The molecule has 0 fully saturated rings. The molecule has 0 aliphatic heterocycles. The summed E-state index contributed by atoms with van der Waals surface area (Å²) in [6.07, 6.45) is -0.678. The van der Waals surface area contributed by atoms with Crippen LogP contribution in [0.3, 0.4) is 0 Å². The van der Waals surface area contributed by atoms with E-state index >= 15 is 0 Å². The fraction of sp³-hybridized carbons (Fsp3) is 0.160. The minimum atomic E-state index is -0.678. The second kappa shape index (κ2) is 34.5. The Hall–Kier alpha value is -9.28. The Kier molecular flexibility index (Phi) is 26.7. The summed E-state index contributed by atoms with van der Waals surface area (Å²) >= 11 is 0. The molecule has 14 nitrogen and oxygen atoms in total. The molecule has 0 aliphatic rings. The standard InChI is InChI=1S/C30H25N5O2.C30H24N4O2.C8H10N.3C2H6.CH3.Y/c1-31-21-12-14-22(15-13-21)33-34-29-27-19(11-16-25-24-9-5-6-10-26(24)32-28(25)27)17-20(30(29)36)18-37-35-23-7-3-2-4-8-23;1-18-11-14-21(15-12-18)33-34-28-26-20(13-16-23-22-9-5-6-10-25(22)32-27(23)26)17-24(29(28)35)30(36-31)19-7-3-2-4-8-19;1-9(2)8-6-4-3-5-7-8;3*1-2;;/h2-17,31-32,35-36H,18H2,1H3;2-17,30,32,35H,31H2,1H3;4-7H,1-2H3;3*1-2H3;1H3;/q;;-1;;;;-1;. The van der Waals surface area contributed by atoms with Gasteiger partial charge in [0.05, 0.1) is 28.1 Å². The van der Waals surface area contributed by atoms with Gasteiger partial charge in [-0.2, -0.15) is 28.4 Å². The van der Waals surface area contributed by atoms with E-state index in [-0.39, 0.29) is 58.2 Å². The fourth-order valence-corrected chi connectivity index (χ4v) is 10.0. The van der Waals surface area contributed by atoms with Crippen LogP contribution in [0, 0.1) is 20.4 Å². The van der Waals surface area contributed by atoms with Gasteiger partial charge in [-0.15, -0.1) is 22.4 Å². The van der Waals surface area contributed by atoms with Gasteiger partial charge in [0.25, 0.3) is 0 Å². The van der Waals surface area contributed by atoms with E-state index in [1.165, 1.54) is 5.69 Å². The minimum Gasteiger partial charge on any atom is -0.505 e. The summed E-state index contributed by atoms with van der Waals surface area (Å²) in [5.74, 6) is 5.76. The van der Waals surface area contributed by atoms with Crippen LogP contribution in [0.15, 0.2) is 239 Å². The van der Waals surface area contributed by atoms with Crippen LogP contribution in [0.2, 0.25) is 0 Å². The van der Waals surface area contributed by atoms with Crippen molar-refractivity contribution in [1.82, 2.24) is 9.97 Å². The second-order valence-electron chi connectivity index (χ2n) is 19.8. The monoisotopic (exact) mass is 1270 g/mol. The summed E-state index contributed by atoms with van der Waals surface area (Å²) in [5, 5.41) is 51.9. The van der Waals surface area contributed by atoms with E-state index in [0.29, 0.717) is 33.9 Å². The molecule has 0 aliphatic carbocycles. The Morgan fingerprint density at radius 1 is 0.544 bits per heavy atom. The van der Waals surface area contributed by atoms with Crippen LogP contribution < -0.4 is 21.6 Å². The van der Waals surface area contributed by atoms with Crippen molar-refractivity contribution < 1.29 is 52.6 Å². The fourth-order valence-electron chi connectivity index (χ4n) is 10.0. The number of aryl methyl sites for hydroxylation is 1. The third-order valence-electron chi connectivity index (χ3n) is 14.2. The number of nitrogens with one attached hydrogen (secondary N) is 4. The summed E-state index contributed by atoms with van der Waals surface area (Å²) < 4.78 is 0. The van der Waals surface area contributed by atoms with Gasteiger partial charge in [0.1, 0.15) is 35.6 Å². The van der Waals surface area contributed by atoms with E-state index in [1.54, 1.807) is 0 Å². The number of nitrogens with two attached hydrogens (primary N) is 1. The molecule has 13 aromatic rings. The quantitative estimate of drug-likeness (QED) is 0.0337. The third kappa shape index (κ3) is 16.3. The number of H-pyrrole nitrogens is 2. The van der Waals surface area contributed by atoms with Crippen LogP contribution in [0.25, 0.3) is 65.2 Å². The summed E-state index contributed by atoms with van der Waals surface area (Å²) in [6.45, 7) is 14.2. The van der Waals surface area contributed by atoms with Crippen molar-refractivity contribution in [1.29, 1.82) is 0 Å². The molecule has 1 atom stereocenters. The Morgan fingerprint density at radius 3 is 1.52 bits per heavy atom. The summed E-state index contributed by atoms with van der Waals surface area (Å²) in [4.78, 5) is 20.2. The molecule has 0 spiro atoms. The van der Waals surface area contributed by atoms with Crippen molar-refractivity contribution in [2.24, 2.45) is 26.4 Å². The van der Waals surface area contributed by atoms with Crippen molar-refractivity contribution in [2.45, 2.75) is 61.2 Å². The van der Waals surface area contributed by atoms with Gasteiger partial charge >= 0.3 is 0 Å². The molecule has 2 aromatic heterocycles. The summed E-state index contributed by atoms with van der Waals surface area (Å²) in [6, 6.07) is 73.8. The number of fused-ring (bicyclic) bond motifs is 10. The molecular formula is C75H80N10O4Y-2. The number of para-hydroxylation sites is 3.